The number of aryl methyl sites for hydroxylation is 2. The van der Waals surface area contributed by atoms with Crippen LogP contribution in [0.15, 0.2) is 42.5 Å². The molecule has 2 aromatic rings. The number of benzene rings is 2. The standard InChI is InChI=1S/C23H31N3S/c1-16-9-11-26(12-10-16)22-7-5-20(6-8-22)19(4)24-23(27)25-21-14-17(2)13-18(3)15-21/h5-8,13-16,19H,9-12H2,1-4H3,(H2,24,25,27)/t19-/m0/s1. The summed E-state index contributed by atoms with van der Waals surface area (Å²) in [5.74, 6) is 0.857. The van der Waals surface area contributed by atoms with Gasteiger partial charge in [0.05, 0.1) is 6.04 Å². The van der Waals surface area contributed by atoms with Crippen LogP contribution in [0.3, 0.4) is 0 Å². The van der Waals surface area contributed by atoms with E-state index in [1.165, 1.54) is 35.2 Å². The number of anilines is 2. The molecule has 1 aliphatic rings. The van der Waals surface area contributed by atoms with Crippen molar-refractivity contribution < 1.29 is 0 Å². The lowest BCUT2D eigenvalue weighted by molar-refractivity contribution is 0.438. The molecule has 4 heteroatoms. The predicted molar refractivity (Wildman–Crippen MR) is 121 cm³/mol. The monoisotopic (exact) mass is 381 g/mol. The van der Waals surface area contributed by atoms with Gasteiger partial charge in [-0.1, -0.05) is 25.1 Å². The zero-order valence-corrected chi connectivity index (χ0v) is 17.7. The highest BCUT2D eigenvalue weighted by Gasteiger charge is 2.16. The Labute approximate surface area is 169 Å². The average Bonchev–Trinajstić information content (AvgIpc) is 2.61. The zero-order chi connectivity index (χ0) is 19.4. The topological polar surface area (TPSA) is 27.3 Å². The number of piperidine rings is 1. The SMILES string of the molecule is Cc1cc(C)cc(NC(=S)N[C@@H](C)c2ccc(N3CCC(C)CC3)cc2)c1. The number of nitrogens with one attached hydrogen (secondary N) is 2. The van der Waals surface area contributed by atoms with Gasteiger partial charge in [-0.05, 0) is 92.7 Å². The Hall–Kier alpha value is -2.07. The molecule has 27 heavy (non-hydrogen) atoms. The number of hydrogen-bond donors (Lipinski definition) is 2. The third-order valence-corrected chi connectivity index (χ3v) is 5.59. The first-order valence-electron chi connectivity index (χ1n) is 9.91. The van der Waals surface area contributed by atoms with E-state index >= 15 is 0 Å². The first kappa shape index (κ1) is 19.7. The summed E-state index contributed by atoms with van der Waals surface area (Å²) >= 11 is 5.51. The van der Waals surface area contributed by atoms with Crippen LogP contribution in [0.2, 0.25) is 0 Å². The second kappa shape index (κ2) is 8.75. The molecule has 2 N–H and O–H groups in total. The van der Waals surface area contributed by atoms with Gasteiger partial charge in [0.15, 0.2) is 5.11 Å². The molecule has 0 bridgehead atoms. The molecular formula is C23H31N3S. The van der Waals surface area contributed by atoms with E-state index in [4.69, 9.17) is 12.2 Å². The number of nitrogens with zero attached hydrogens (tertiary/aromatic N) is 1. The van der Waals surface area contributed by atoms with Crippen molar-refractivity contribution in [1.29, 1.82) is 0 Å². The molecule has 1 aliphatic heterocycles. The molecule has 0 amide bonds. The zero-order valence-electron chi connectivity index (χ0n) is 16.9. The van der Waals surface area contributed by atoms with Crippen molar-refractivity contribution in [2.45, 2.75) is 46.6 Å². The minimum absolute atomic E-state index is 0.159. The quantitative estimate of drug-likeness (QED) is 0.675. The number of hydrogen-bond acceptors (Lipinski definition) is 2. The third-order valence-electron chi connectivity index (χ3n) is 5.37. The third kappa shape index (κ3) is 5.46. The van der Waals surface area contributed by atoms with Crippen molar-refractivity contribution in [3.05, 3.63) is 59.2 Å². The van der Waals surface area contributed by atoms with Gasteiger partial charge < -0.3 is 15.5 Å². The van der Waals surface area contributed by atoms with Gasteiger partial charge in [0.1, 0.15) is 0 Å². The van der Waals surface area contributed by atoms with Gasteiger partial charge in [0, 0.05) is 24.5 Å². The molecular weight excluding hydrogens is 350 g/mol. The van der Waals surface area contributed by atoms with E-state index in [9.17, 15) is 0 Å². The van der Waals surface area contributed by atoms with Crippen molar-refractivity contribution in [3.8, 4) is 0 Å². The lowest BCUT2D eigenvalue weighted by Gasteiger charge is -2.32. The highest BCUT2D eigenvalue weighted by atomic mass is 32.1. The highest BCUT2D eigenvalue weighted by Crippen LogP contribution is 2.24. The van der Waals surface area contributed by atoms with Crippen LogP contribution in [0.4, 0.5) is 11.4 Å². The van der Waals surface area contributed by atoms with E-state index in [0.717, 1.165) is 24.7 Å². The summed E-state index contributed by atoms with van der Waals surface area (Å²) in [7, 11) is 0. The summed E-state index contributed by atoms with van der Waals surface area (Å²) in [6.45, 7) is 11.0. The maximum atomic E-state index is 5.51. The molecule has 0 saturated carbocycles. The Kier molecular flexibility index (Phi) is 6.38. The van der Waals surface area contributed by atoms with Crippen LogP contribution in [0, 0.1) is 19.8 Å². The molecule has 2 aromatic carbocycles. The maximum absolute atomic E-state index is 5.51. The fourth-order valence-corrected chi connectivity index (χ4v) is 4.03. The van der Waals surface area contributed by atoms with Crippen LogP contribution in [-0.2, 0) is 0 Å². The summed E-state index contributed by atoms with van der Waals surface area (Å²) in [5.41, 5.74) is 6.07. The van der Waals surface area contributed by atoms with Crippen molar-refractivity contribution in [2.24, 2.45) is 5.92 Å². The molecule has 1 heterocycles. The van der Waals surface area contributed by atoms with Gasteiger partial charge in [-0.15, -0.1) is 0 Å². The van der Waals surface area contributed by atoms with Gasteiger partial charge in [0.25, 0.3) is 0 Å². The molecule has 3 nitrogen and oxygen atoms in total. The van der Waals surface area contributed by atoms with Crippen molar-refractivity contribution in [1.82, 2.24) is 5.32 Å². The van der Waals surface area contributed by atoms with Gasteiger partial charge >= 0.3 is 0 Å². The molecule has 0 radical (unpaired) electrons. The van der Waals surface area contributed by atoms with Crippen molar-refractivity contribution in [2.75, 3.05) is 23.3 Å². The summed E-state index contributed by atoms with van der Waals surface area (Å²) in [6, 6.07) is 15.4. The Morgan fingerprint density at radius 3 is 2.22 bits per heavy atom. The second-order valence-electron chi connectivity index (χ2n) is 7.96. The van der Waals surface area contributed by atoms with Crippen LogP contribution < -0.4 is 15.5 Å². The lowest BCUT2D eigenvalue weighted by Crippen LogP contribution is -2.33. The highest BCUT2D eigenvalue weighted by molar-refractivity contribution is 7.80. The van der Waals surface area contributed by atoms with E-state index in [1.807, 2.05) is 0 Å². The van der Waals surface area contributed by atoms with Gasteiger partial charge in [-0.2, -0.15) is 0 Å². The fraction of sp³-hybridized carbons (Fsp3) is 0.435. The largest absolute Gasteiger partial charge is 0.372 e. The number of rotatable bonds is 4. The van der Waals surface area contributed by atoms with Crippen LogP contribution in [0.25, 0.3) is 0 Å². The molecule has 1 fully saturated rings. The van der Waals surface area contributed by atoms with E-state index in [0.29, 0.717) is 5.11 Å². The summed E-state index contributed by atoms with van der Waals surface area (Å²) in [5, 5.41) is 7.35. The summed E-state index contributed by atoms with van der Waals surface area (Å²) in [6.07, 6.45) is 2.58. The maximum Gasteiger partial charge on any atom is 0.171 e. The Bertz CT molecular complexity index is 756. The molecule has 0 spiro atoms. The van der Waals surface area contributed by atoms with Gasteiger partial charge in [-0.3, -0.25) is 0 Å². The average molecular weight is 382 g/mol. The molecule has 3 rings (SSSR count). The Morgan fingerprint density at radius 2 is 1.63 bits per heavy atom. The normalized spacial score (nSPS) is 16.1. The van der Waals surface area contributed by atoms with Gasteiger partial charge in [-0.25, -0.2) is 0 Å². The minimum atomic E-state index is 0.159. The first-order chi connectivity index (χ1) is 12.9. The Balaban J connectivity index is 1.57. The smallest absolute Gasteiger partial charge is 0.171 e. The summed E-state index contributed by atoms with van der Waals surface area (Å²) in [4.78, 5) is 2.49. The molecule has 144 valence electrons. The predicted octanol–water partition coefficient (Wildman–Crippen LogP) is 5.59. The second-order valence-corrected chi connectivity index (χ2v) is 8.37. The van der Waals surface area contributed by atoms with E-state index < -0.39 is 0 Å². The van der Waals surface area contributed by atoms with E-state index in [1.54, 1.807) is 0 Å². The van der Waals surface area contributed by atoms with Crippen LogP contribution in [-0.4, -0.2) is 18.2 Å². The lowest BCUT2D eigenvalue weighted by atomic mass is 9.98. The molecule has 0 aliphatic carbocycles. The summed E-state index contributed by atoms with van der Waals surface area (Å²) < 4.78 is 0. The molecule has 1 saturated heterocycles. The van der Waals surface area contributed by atoms with Crippen molar-refractivity contribution >= 4 is 28.7 Å². The number of thiocarbonyl (C=S) groups is 1. The van der Waals surface area contributed by atoms with E-state index in [2.05, 4.69) is 85.7 Å². The van der Waals surface area contributed by atoms with Crippen molar-refractivity contribution in [3.63, 3.8) is 0 Å². The Morgan fingerprint density at radius 1 is 1.04 bits per heavy atom. The van der Waals surface area contributed by atoms with Crippen LogP contribution >= 0.6 is 12.2 Å². The molecule has 0 unspecified atom stereocenters. The van der Waals surface area contributed by atoms with Crippen LogP contribution in [0.1, 0.15) is 49.4 Å². The molecule has 0 aromatic heterocycles. The first-order valence-corrected chi connectivity index (χ1v) is 10.3. The van der Waals surface area contributed by atoms with E-state index in [-0.39, 0.29) is 6.04 Å². The minimum Gasteiger partial charge on any atom is -0.372 e. The van der Waals surface area contributed by atoms with Gasteiger partial charge in [0.2, 0.25) is 0 Å². The van der Waals surface area contributed by atoms with Crippen LogP contribution in [0.5, 0.6) is 0 Å². The molecule has 1 atom stereocenters. The fourth-order valence-electron chi connectivity index (χ4n) is 3.73.